The van der Waals surface area contributed by atoms with Gasteiger partial charge in [-0.2, -0.15) is 0 Å². The molecule has 1 aromatic carbocycles. The molecule has 3 heteroatoms. The standard InChI is InChI=1S/C13H20N2O/c1-2-16-10-11-6-5-9-15(11)13-8-4-3-7-12(13)14/h3-4,7-8,11H,2,5-6,9-10,14H2,1H3. The number of nitrogen functional groups attached to an aromatic ring is 1. The van der Waals surface area contributed by atoms with Crippen LogP contribution in [0, 0.1) is 0 Å². The van der Waals surface area contributed by atoms with E-state index in [4.69, 9.17) is 10.5 Å². The molecule has 88 valence electrons. The number of nitrogens with zero attached hydrogens (tertiary/aromatic N) is 1. The zero-order chi connectivity index (χ0) is 11.4. The molecule has 0 radical (unpaired) electrons. The Balaban J connectivity index is 2.10. The molecule has 1 unspecified atom stereocenters. The van der Waals surface area contributed by atoms with Gasteiger partial charge in [0.2, 0.25) is 0 Å². The topological polar surface area (TPSA) is 38.5 Å². The van der Waals surface area contributed by atoms with Crippen molar-refractivity contribution in [3.8, 4) is 0 Å². The van der Waals surface area contributed by atoms with Crippen LogP contribution in [0.4, 0.5) is 11.4 Å². The van der Waals surface area contributed by atoms with Crippen LogP contribution >= 0.6 is 0 Å². The van der Waals surface area contributed by atoms with Crippen molar-refractivity contribution in [1.82, 2.24) is 0 Å². The van der Waals surface area contributed by atoms with Gasteiger partial charge in [0.05, 0.1) is 24.0 Å². The summed E-state index contributed by atoms with van der Waals surface area (Å²) in [6.45, 7) is 4.72. The van der Waals surface area contributed by atoms with Crippen LogP contribution in [0.2, 0.25) is 0 Å². The van der Waals surface area contributed by atoms with Gasteiger partial charge < -0.3 is 15.4 Å². The number of para-hydroxylation sites is 2. The lowest BCUT2D eigenvalue weighted by Crippen LogP contribution is -2.33. The number of rotatable bonds is 4. The lowest BCUT2D eigenvalue weighted by Gasteiger charge is -2.27. The van der Waals surface area contributed by atoms with Crippen LogP contribution in [0.3, 0.4) is 0 Å². The molecule has 1 saturated heterocycles. The molecule has 1 heterocycles. The van der Waals surface area contributed by atoms with Crippen LogP contribution in [0.25, 0.3) is 0 Å². The normalized spacial score (nSPS) is 20.3. The van der Waals surface area contributed by atoms with Crippen molar-refractivity contribution in [2.24, 2.45) is 0 Å². The van der Waals surface area contributed by atoms with Crippen LogP contribution in [0.5, 0.6) is 0 Å². The third-order valence-electron chi connectivity index (χ3n) is 3.14. The fraction of sp³-hybridized carbons (Fsp3) is 0.538. The first-order chi connectivity index (χ1) is 7.83. The predicted octanol–water partition coefficient (Wildman–Crippen LogP) is 2.27. The molecule has 0 saturated carbocycles. The molecule has 0 aromatic heterocycles. The number of hydrogen-bond acceptors (Lipinski definition) is 3. The Morgan fingerprint density at radius 2 is 2.25 bits per heavy atom. The Morgan fingerprint density at radius 1 is 1.44 bits per heavy atom. The van der Waals surface area contributed by atoms with E-state index in [-0.39, 0.29) is 0 Å². The highest BCUT2D eigenvalue weighted by Crippen LogP contribution is 2.30. The molecule has 1 aliphatic heterocycles. The number of benzene rings is 1. The van der Waals surface area contributed by atoms with E-state index >= 15 is 0 Å². The van der Waals surface area contributed by atoms with E-state index in [9.17, 15) is 0 Å². The van der Waals surface area contributed by atoms with Crippen LogP contribution < -0.4 is 10.6 Å². The largest absolute Gasteiger partial charge is 0.397 e. The lowest BCUT2D eigenvalue weighted by atomic mass is 10.2. The van der Waals surface area contributed by atoms with Crippen LogP contribution in [0.15, 0.2) is 24.3 Å². The van der Waals surface area contributed by atoms with Gasteiger partial charge in [0.25, 0.3) is 0 Å². The van der Waals surface area contributed by atoms with E-state index < -0.39 is 0 Å². The number of ether oxygens (including phenoxy) is 1. The molecule has 1 aliphatic rings. The zero-order valence-corrected chi connectivity index (χ0v) is 9.86. The molecule has 0 bridgehead atoms. The predicted molar refractivity (Wildman–Crippen MR) is 67.7 cm³/mol. The second-order valence-corrected chi connectivity index (χ2v) is 4.21. The molecule has 1 atom stereocenters. The van der Waals surface area contributed by atoms with Gasteiger partial charge in [0, 0.05) is 13.2 Å². The van der Waals surface area contributed by atoms with E-state index in [1.807, 2.05) is 25.1 Å². The van der Waals surface area contributed by atoms with E-state index in [0.29, 0.717) is 6.04 Å². The number of hydrogen-bond donors (Lipinski definition) is 1. The zero-order valence-electron chi connectivity index (χ0n) is 9.86. The van der Waals surface area contributed by atoms with E-state index in [1.54, 1.807) is 0 Å². The van der Waals surface area contributed by atoms with E-state index in [0.717, 1.165) is 31.1 Å². The summed E-state index contributed by atoms with van der Waals surface area (Å²) in [4.78, 5) is 2.38. The van der Waals surface area contributed by atoms with E-state index in [2.05, 4.69) is 11.0 Å². The first-order valence-corrected chi connectivity index (χ1v) is 6.02. The average Bonchev–Trinajstić information content (AvgIpc) is 2.75. The van der Waals surface area contributed by atoms with Crippen LogP contribution in [-0.4, -0.2) is 25.8 Å². The maximum absolute atomic E-state index is 6.01. The summed E-state index contributed by atoms with van der Waals surface area (Å²) in [6, 6.07) is 8.57. The smallest absolute Gasteiger partial charge is 0.0669 e. The van der Waals surface area contributed by atoms with E-state index in [1.165, 1.54) is 12.8 Å². The molecule has 0 spiro atoms. The minimum atomic E-state index is 0.490. The molecule has 2 N–H and O–H groups in total. The van der Waals surface area contributed by atoms with Gasteiger partial charge in [-0.25, -0.2) is 0 Å². The first kappa shape index (κ1) is 11.3. The number of anilines is 2. The molecule has 2 rings (SSSR count). The molecular formula is C13H20N2O. The van der Waals surface area contributed by atoms with Crippen molar-refractivity contribution < 1.29 is 4.74 Å². The van der Waals surface area contributed by atoms with Gasteiger partial charge in [0.1, 0.15) is 0 Å². The summed E-state index contributed by atoms with van der Waals surface area (Å²) in [5.41, 5.74) is 8.03. The fourth-order valence-electron chi connectivity index (χ4n) is 2.33. The highest BCUT2D eigenvalue weighted by Gasteiger charge is 2.25. The molecule has 3 nitrogen and oxygen atoms in total. The van der Waals surface area contributed by atoms with Crippen molar-refractivity contribution in [2.75, 3.05) is 30.4 Å². The van der Waals surface area contributed by atoms with Crippen molar-refractivity contribution in [3.05, 3.63) is 24.3 Å². The summed E-state index contributed by atoms with van der Waals surface area (Å²) in [5.74, 6) is 0. The Hall–Kier alpha value is -1.22. The molecule has 1 aromatic rings. The van der Waals surface area contributed by atoms with Gasteiger partial charge in [-0.3, -0.25) is 0 Å². The lowest BCUT2D eigenvalue weighted by molar-refractivity contribution is 0.134. The van der Waals surface area contributed by atoms with Crippen molar-refractivity contribution in [2.45, 2.75) is 25.8 Å². The minimum Gasteiger partial charge on any atom is -0.397 e. The average molecular weight is 220 g/mol. The van der Waals surface area contributed by atoms with Gasteiger partial charge in [-0.15, -0.1) is 0 Å². The highest BCUT2D eigenvalue weighted by molar-refractivity contribution is 5.68. The Bertz CT molecular complexity index is 340. The van der Waals surface area contributed by atoms with Gasteiger partial charge in [-0.1, -0.05) is 12.1 Å². The second kappa shape index (κ2) is 5.21. The van der Waals surface area contributed by atoms with Crippen molar-refractivity contribution >= 4 is 11.4 Å². The Kier molecular flexibility index (Phi) is 3.67. The van der Waals surface area contributed by atoms with Crippen molar-refractivity contribution in [3.63, 3.8) is 0 Å². The summed E-state index contributed by atoms with van der Waals surface area (Å²) in [6.07, 6.45) is 2.43. The fourth-order valence-corrected chi connectivity index (χ4v) is 2.33. The Labute approximate surface area is 97.2 Å². The molecule has 16 heavy (non-hydrogen) atoms. The third kappa shape index (κ3) is 2.30. The number of nitrogens with two attached hydrogens (primary N) is 1. The van der Waals surface area contributed by atoms with Crippen LogP contribution in [0.1, 0.15) is 19.8 Å². The van der Waals surface area contributed by atoms with Gasteiger partial charge in [0.15, 0.2) is 0 Å². The third-order valence-corrected chi connectivity index (χ3v) is 3.14. The highest BCUT2D eigenvalue weighted by atomic mass is 16.5. The maximum Gasteiger partial charge on any atom is 0.0669 e. The Morgan fingerprint density at radius 3 is 3.00 bits per heavy atom. The molecular weight excluding hydrogens is 200 g/mol. The molecule has 1 fully saturated rings. The van der Waals surface area contributed by atoms with Crippen LogP contribution in [-0.2, 0) is 4.74 Å². The molecule has 0 aliphatic carbocycles. The summed E-state index contributed by atoms with van der Waals surface area (Å²) in [5, 5.41) is 0. The minimum absolute atomic E-state index is 0.490. The van der Waals surface area contributed by atoms with Gasteiger partial charge >= 0.3 is 0 Å². The summed E-state index contributed by atoms with van der Waals surface area (Å²) in [7, 11) is 0. The summed E-state index contributed by atoms with van der Waals surface area (Å²) >= 11 is 0. The molecule has 0 amide bonds. The van der Waals surface area contributed by atoms with Gasteiger partial charge in [-0.05, 0) is 31.9 Å². The maximum atomic E-state index is 6.01. The quantitative estimate of drug-likeness (QED) is 0.791. The first-order valence-electron chi connectivity index (χ1n) is 6.02. The summed E-state index contributed by atoms with van der Waals surface area (Å²) < 4.78 is 5.53. The SMILES string of the molecule is CCOCC1CCCN1c1ccccc1N. The monoisotopic (exact) mass is 220 g/mol. The van der Waals surface area contributed by atoms with Crippen molar-refractivity contribution in [1.29, 1.82) is 0 Å². The second-order valence-electron chi connectivity index (χ2n) is 4.21.